The Hall–Kier alpha value is -1.63. The fraction of sp³-hybridized carbons (Fsp3) is 0.667. The second-order valence-corrected chi connectivity index (χ2v) is 3.00. The van der Waals surface area contributed by atoms with Gasteiger partial charge in [0.25, 0.3) is 0 Å². The highest BCUT2D eigenvalue weighted by Crippen LogP contribution is 1.79. The van der Waals surface area contributed by atoms with Gasteiger partial charge in [0.2, 0.25) is 11.8 Å². The van der Waals surface area contributed by atoms with Crippen LogP contribution in [-0.2, 0) is 19.1 Å². The molecule has 16 heavy (non-hydrogen) atoms. The van der Waals surface area contributed by atoms with Crippen molar-refractivity contribution in [1.29, 1.82) is 0 Å². The molecule has 0 rings (SSSR count). The van der Waals surface area contributed by atoms with E-state index in [1.165, 1.54) is 0 Å². The zero-order chi connectivity index (χ0) is 12.4. The second-order valence-electron chi connectivity index (χ2n) is 3.00. The van der Waals surface area contributed by atoms with Gasteiger partial charge in [-0.15, -0.1) is 0 Å². The van der Waals surface area contributed by atoms with E-state index in [1.807, 2.05) is 6.92 Å². The molecule has 0 aliphatic heterocycles. The Morgan fingerprint density at radius 1 is 1.12 bits per heavy atom. The van der Waals surface area contributed by atoms with E-state index in [0.29, 0.717) is 6.61 Å². The third-order valence-corrected chi connectivity index (χ3v) is 1.46. The highest BCUT2D eigenvalue weighted by Gasteiger charge is 2.06. The summed E-state index contributed by atoms with van der Waals surface area (Å²) in [5.41, 5.74) is 0. The second kappa shape index (κ2) is 8.66. The van der Waals surface area contributed by atoms with E-state index < -0.39 is 24.3 Å². The first-order valence-corrected chi connectivity index (χ1v) is 4.89. The van der Waals surface area contributed by atoms with Gasteiger partial charge < -0.3 is 20.5 Å². The Morgan fingerprint density at radius 2 is 1.75 bits per heavy atom. The number of ether oxygens (including phenoxy) is 1. The molecule has 0 aliphatic carbocycles. The van der Waals surface area contributed by atoms with Crippen molar-refractivity contribution in [2.75, 3.05) is 26.3 Å². The molecule has 92 valence electrons. The number of amides is 2. The summed E-state index contributed by atoms with van der Waals surface area (Å²) < 4.78 is 4.94. The van der Waals surface area contributed by atoms with Gasteiger partial charge in [-0.2, -0.15) is 0 Å². The summed E-state index contributed by atoms with van der Waals surface area (Å²) in [5.74, 6) is -2.09. The van der Waals surface area contributed by atoms with Crippen molar-refractivity contribution >= 4 is 17.8 Å². The molecule has 0 aromatic heterocycles. The molecule has 0 fully saturated rings. The Kier molecular flexibility index (Phi) is 7.78. The van der Waals surface area contributed by atoms with Crippen molar-refractivity contribution in [2.45, 2.75) is 13.3 Å². The van der Waals surface area contributed by atoms with E-state index in [1.54, 1.807) is 0 Å². The molecular weight excluding hydrogens is 216 g/mol. The minimum absolute atomic E-state index is 0.0972. The third-order valence-electron chi connectivity index (χ3n) is 1.46. The number of carboxylic acids is 1. The van der Waals surface area contributed by atoms with Gasteiger partial charge in [0.05, 0.1) is 6.54 Å². The summed E-state index contributed by atoms with van der Waals surface area (Å²) in [6.45, 7) is 1.60. The van der Waals surface area contributed by atoms with Crippen molar-refractivity contribution in [1.82, 2.24) is 10.6 Å². The first-order valence-electron chi connectivity index (χ1n) is 4.89. The number of aliphatic carboxylic acids is 1. The van der Waals surface area contributed by atoms with Crippen molar-refractivity contribution in [3.05, 3.63) is 0 Å². The molecule has 7 nitrogen and oxygen atoms in total. The van der Waals surface area contributed by atoms with Crippen LogP contribution in [0.5, 0.6) is 0 Å². The monoisotopic (exact) mass is 232 g/mol. The van der Waals surface area contributed by atoms with Crippen LogP contribution in [0.2, 0.25) is 0 Å². The molecule has 0 radical (unpaired) electrons. The normalized spacial score (nSPS) is 9.56. The quantitative estimate of drug-likeness (QED) is 0.452. The summed E-state index contributed by atoms with van der Waals surface area (Å²) in [6.07, 6.45) is 0.812. The van der Waals surface area contributed by atoms with Crippen LogP contribution in [0.25, 0.3) is 0 Å². The highest BCUT2D eigenvalue weighted by atomic mass is 16.5. The molecule has 0 saturated heterocycles. The number of carboxylic acid groups (broad SMARTS) is 1. The number of carbonyl (C=O) groups is 3. The zero-order valence-corrected chi connectivity index (χ0v) is 9.12. The van der Waals surface area contributed by atoms with Crippen LogP contribution in [0.15, 0.2) is 0 Å². The van der Waals surface area contributed by atoms with Crippen molar-refractivity contribution in [2.24, 2.45) is 0 Å². The molecule has 0 aromatic rings. The SMILES string of the molecule is CCCOCC(=O)NCC(=O)NCC(=O)O. The van der Waals surface area contributed by atoms with Crippen LogP contribution in [0.4, 0.5) is 0 Å². The summed E-state index contributed by atoms with van der Waals surface area (Å²) >= 11 is 0. The molecule has 7 heteroatoms. The lowest BCUT2D eigenvalue weighted by Gasteiger charge is -2.05. The lowest BCUT2D eigenvalue weighted by molar-refractivity contribution is -0.137. The fourth-order valence-corrected chi connectivity index (χ4v) is 0.776. The lowest BCUT2D eigenvalue weighted by Crippen LogP contribution is -2.40. The summed E-state index contributed by atoms with van der Waals surface area (Å²) in [6, 6.07) is 0. The van der Waals surface area contributed by atoms with E-state index in [2.05, 4.69) is 10.6 Å². The van der Waals surface area contributed by atoms with Crippen LogP contribution in [0, 0.1) is 0 Å². The number of rotatable bonds is 8. The largest absolute Gasteiger partial charge is 0.480 e. The van der Waals surface area contributed by atoms with Gasteiger partial charge in [-0.1, -0.05) is 6.92 Å². The molecule has 0 atom stereocenters. The van der Waals surface area contributed by atoms with Gasteiger partial charge in [-0.3, -0.25) is 14.4 Å². The van der Waals surface area contributed by atoms with Gasteiger partial charge in [0.1, 0.15) is 13.2 Å². The average molecular weight is 232 g/mol. The predicted octanol–water partition coefficient (Wildman–Crippen LogP) is -1.27. The lowest BCUT2D eigenvalue weighted by atomic mass is 10.5. The van der Waals surface area contributed by atoms with Crippen molar-refractivity contribution in [3.63, 3.8) is 0 Å². The molecule has 0 spiro atoms. The maximum absolute atomic E-state index is 11.0. The van der Waals surface area contributed by atoms with Gasteiger partial charge in [0.15, 0.2) is 0 Å². The maximum Gasteiger partial charge on any atom is 0.322 e. The molecule has 0 saturated carbocycles. The number of hydrogen-bond donors (Lipinski definition) is 3. The first-order chi connectivity index (χ1) is 7.56. The molecule has 0 aliphatic rings. The van der Waals surface area contributed by atoms with Gasteiger partial charge in [-0.25, -0.2) is 0 Å². The summed E-state index contributed by atoms with van der Waals surface area (Å²) in [7, 11) is 0. The standard InChI is InChI=1S/C9H16N2O5/c1-2-3-16-6-8(13)10-4-7(12)11-5-9(14)15/h2-6H2,1H3,(H,10,13)(H,11,12)(H,14,15). The zero-order valence-electron chi connectivity index (χ0n) is 9.12. The van der Waals surface area contributed by atoms with Crippen LogP contribution >= 0.6 is 0 Å². The van der Waals surface area contributed by atoms with Crippen LogP contribution in [-0.4, -0.2) is 49.2 Å². The molecular formula is C9H16N2O5. The number of carbonyl (C=O) groups excluding carboxylic acids is 2. The van der Waals surface area contributed by atoms with E-state index in [0.717, 1.165) is 6.42 Å². The summed E-state index contributed by atoms with van der Waals surface area (Å²) in [4.78, 5) is 32.1. The number of hydrogen-bond acceptors (Lipinski definition) is 4. The van der Waals surface area contributed by atoms with Crippen molar-refractivity contribution < 1.29 is 24.2 Å². The van der Waals surface area contributed by atoms with Gasteiger partial charge >= 0.3 is 5.97 Å². The van der Waals surface area contributed by atoms with Gasteiger partial charge in [0, 0.05) is 6.61 Å². The Bertz CT molecular complexity index is 254. The first kappa shape index (κ1) is 14.4. The maximum atomic E-state index is 11.0. The molecule has 0 unspecified atom stereocenters. The Labute approximate surface area is 93.2 Å². The Morgan fingerprint density at radius 3 is 2.31 bits per heavy atom. The van der Waals surface area contributed by atoms with Crippen LogP contribution < -0.4 is 10.6 Å². The minimum Gasteiger partial charge on any atom is -0.480 e. The van der Waals surface area contributed by atoms with Gasteiger partial charge in [-0.05, 0) is 6.42 Å². The molecule has 0 aromatic carbocycles. The molecule has 2 amide bonds. The third kappa shape index (κ3) is 8.95. The molecule has 0 heterocycles. The minimum atomic E-state index is -1.13. The number of nitrogens with one attached hydrogen (secondary N) is 2. The van der Waals surface area contributed by atoms with E-state index in [9.17, 15) is 14.4 Å². The van der Waals surface area contributed by atoms with Crippen molar-refractivity contribution in [3.8, 4) is 0 Å². The Balaban J connectivity index is 3.51. The van der Waals surface area contributed by atoms with E-state index in [-0.39, 0.29) is 13.2 Å². The van der Waals surface area contributed by atoms with E-state index in [4.69, 9.17) is 9.84 Å². The average Bonchev–Trinajstić information content (AvgIpc) is 2.24. The topological polar surface area (TPSA) is 105 Å². The van der Waals surface area contributed by atoms with Crippen LogP contribution in [0.3, 0.4) is 0 Å². The summed E-state index contributed by atoms with van der Waals surface area (Å²) in [5, 5.41) is 12.7. The highest BCUT2D eigenvalue weighted by molar-refractivity contribution is 5.86. The fourth-order valence-electron chi connectivity index (χ4n) is 0.776. The van der Waals surface area contributed by atoms with E-state index >= 15 is 0 Å². The predicted molar refractivity (Wildman–Crippen MR) is 54.8 cm³/mol. The van der Waals surface area contributed by atoms with Crippen LogP contribution in [0.1, 0.15) is 13.3 Å². The molecule has 0 bridgehead atoms. The molecule has 3 N–H and O–H groups in total. The smallest absolute Gasteiger partial charge is 0.322 e.